The number of rotatable bonds is 6. The molecule has 0 unspecified atom stereocenters. The van der Waals surface area contributed by atoms with Crippen LogP contribution in [-0.2, 0) is 16.2 Å². The van der Waals surface area contributed by atoms with Crippen molar-refractivity contribution in [3.8, 4) is 0 Å². The summed E-state index contributed by atoms with van der Waals surface area (Å²) >= 11 is 0. The van der Waals surface area contributed by atoms with E-state index in [4.69, 9.17) is 0 Å². The fourth-order valence-corrected chi connectivity index (χ4v) is 3.19. The summed E-state index contributed by atoms with van der Waals surface area (Å²) in [5.41, 5.74) is -0.352. The van der Waals surface area contributed by atoms with Crippen molar-refractivity contribution >= 4 is 21.6 Å². The molecule has 2 aromatic carbocycles. The highest BCUT2D eigenvalue weighted by Gasteiger charge is 2.30. The number of carbonyl (C=O) groups excluding carboxylic acids is 1. The Balaban J connectivity index is 2.08. The Bertz CT molecular complexity index is 851. The van der Waals surface area contributed by atoms with Gasteiger partial charge >= 0.3 is 6.18 Å². The Labute approximate surface area is 149 Å². The monoisotopic (exact) mass is 386 g/mol. The van der Waals surface area contributed by atoms with Gasteiger partial charge < -0.3 is 5.32 Å². The average molecular weight is 386 g/mol. The molecule has 0 radical (unpaired) electrons. The SMILES string of the molecule is CS(=O)(=O)N(CCNC(=O)c1ccccc1)c1ccc(C(F)(F)F)cc1. The number of halogens is 3. The Hall–Kier alpha value is -2.55. The van der Waals surface area contributed by atoms with Crippen molar-refractivity contribution in [2.24, 2.45) is 0 Å². The standard InChI is InChI=1S/C17H17F3N2O3S/c1-26(24,25)22(15-9-7-14(8-10-15)17(18,19)20)12-11-21-16(23)13-5-3-2-4-6-13/h2-10H,11-12H2,1H3,(H,21,23). The molecule has 0 spiro atoms. The molecule has 1 N–H and O–H groups in total. The number of nitrogens with one attached hydrogen (secondary N) is 1. The summed E-state index contributed by atoms with van der Waals surface area (Å²) in [6.07, 6.45) is -3.55. The van der Waals surface area contributed by atoms with E-state index in [1.807, 2.05) is 0 Å². The normalized spacial score (nSPS) is 11.8. The van der Waals surface area contributed by atoms with Gasteiger partial charge in [-0.2, -0.15) is 13.2 Å². The maximum absolute atomic E-state index is 12.6. The highest BCUT2D eigenvalue weighted by molar-refractivity contribution is 7.92. The number of hydrogen-bond acceptors (Lipinski definition) is 3. The Morgan fingerprint density at radius 3 is 2.12 bits per heavy atom. The van der Waals surface area contributed by atoms with Gasteiger partial charge in [0.05, 0.1) is 24.1 Å². The van der Waals surface area contributed by atoms with Gasteiger partial charge in [0.2, 0.25) is 10.0 Å². The molecule has 0 saturated heterocycles. The third-order valence-electron chi connectivity index (χ3n) is 3.52. The molecule has 1 amide bonds. The van der Waals surface area contributed by atoms with Crippen LogP contribution in [0.15, 0.2) is 54.6 Å². The number of carbonyl (C=O) groups is 1. The maximum atomic E-state index is 12.6. The predicted molar refractivity (Wildman–Crippen MR) is 92.4 cm³/mol. The molecule has 2 aromatic rings. The van der Waals surface area contributed by atoms with Crippen LogP contribution < -0.4 is 9.62 Å². The van der Waals surface area contributed by atoms with Gasteiger partial charge in [0.25, 0.3) is 5.91 Å². The molecule has 0 fully saturated rings. The molecule has 0 aliphatic heterocycles. The summed E-state index contributed by atoms with van der Waals surface area (Å²) in [7, 11) is -3.73. The van der Waals surface area contributed by atoms with E-state index >= 15 is 0 Å². The van der Waals surface area contributed by atoms with Crippen LogP contribution in [-0.4, -0.2) is 33.7 Å². The molecule has 2 rings (SSSR count). The third-order valence-corrected chi connectivity index (χ3v) is 4.71. The zero-order chi connectivity index (χ0) is 19.4. The zero-order valence-corrected chi connectivity index (χ0v) is 14.6. The molecule has 140 valence electrons. The van der Waals surface area contributed by atoms with Crippen molar-refractivity contribution in [1.29, 1.82) is 0 Å². The van der Waals surface area contributed by atoms with Crippen LogP contribution in [0.2, 0.25) is 0 Å². The predicted octanol–water partition coefficient (Wildman–Crippen LogP) is 2.90. The van der Waals surface area contributed by atoms with E-state index in [2.05, 4.69) is 5.32 Å². The number of sulfonamides is 1. The van der Waals surface area contributed by atoms with Crippen LogP contribution in [0.4, 0.5) is 18.9 Å². The van der Waals surface area contributed by atoms with Gasteiger partial charge in [-0.1, -0.05) is 18.2 Å². The lowest BCUT2D eigenvalue weighted by Gasteiger charge is -2.23. The quantitative estimate of drug-likeness (QED) is 0.830. The summed E-state index contributed by atoms with van der Waals surface area (Å²) in [6.45, 7) is -0.107. The first kappa shape index (κ1) is 19.8. The van der Waals surface area contributed by atoms with Crippen molar-refractivity contribution in [2.75, 3.05) is 23.7 Å². The topological polar surface area (TPSA) is 66.5 Å². The highest BCUT2D eigenvalue weighted by Crippen LogP contribution is 2.30. The van der Waals surface area contributed by atoms with Crippen molar-refractivity contribution < 1.29 is 26.4 Å². The highest BCUT2D eigenvalue weighted by atomic mass is 32.2. The lowest BCUT2D eigenvalue weighted by molar-refractivity contribution is -0.137. The van der Waals surface area contributed by atoms with E-state index in [0.717, 1.165) is 34.8 Å². The number of benzene rings is 2. The lowest BCUT2D eigenvalue weighted by atomic mass is 10.2. The van der Waals surface area contributed by atoms with Crippen LogP contribution in [0.5, 0.6) is 0 Å². The summed E-state index contributed by atoms with van der Waals surface area (Å²) in [5, 5.41) is 2.58. The van der Waals surface area contributed by atoms with Gasteiger partial charge in [-0.25, -0.2) is 8.42 Å². The molecule has 5 nitrogen and oxygen atoms in total. The first-order chi connectivity index (χ1) is 12.1. The molecule has 26 heavy (non-hydrogen) atoms. The fraction of sp³-hybridized carbons (Fsp3) is 0.235. The first-order valence-electron chi connectivity index (χ1n) is 7.57. The molecule has 0 aliphatic carbocycles. The Kier molecular flexibility index (Phi) is 5.91. The average Bonchev–Trinajstić information content (AvgIpc) is 2.57. The molecule has 0 aliphatic rings. The van der Waals surface area contributed by atoms with Crippen LogP contribution in [0.1, 0.15) is 15.9 Å². The van der Waals surface area contributed by atoms with Gasteiger partial charge in [0.15, 0.2) is 0 Å². The van der Waals surface area contributed by atoms with E-state index in [1.54, 1.807) is 30.3 Å². The van der Waals surface area contributed by atoms with Crippen LogP contribution in [0.25, 0.3) is 0 Å². The lowest BCUT2D eigenvalue weighted by Crippen LogP contribution is -2.38. The van der Waals surface area contributed by atoms with E-state index < -0.39 is 21.8 Å². The number of alkyl halides is 3. The van der Waals surface area contributed by atoms with E-state index in [0.29, 0.717) is 5.56 Å². The minimum absolute atomic E-state index is 0.00181. The molecular formula is C17H17F3N2O3S. The van der Waals surface area contributed by atoms with Crippen molar-refractivity contribution in [1.82, 2.24) is 5.32 Å². The second-order valence-electron chi connectivity index (χ2n) is 5.50. The van der Waals surface area contributed by atoms with Crippen LogP contribution >= 0.6 is 0 Å². The minimum atomic E-state index is -4.50. The smallest absolute Gasteiger partial charge is 0.350 e. The number of nitrogens with zero attached hydrogens (tertiary/aromatic N) is 1. The fourth-order valence-electron chi connectivity index (χ4n) is 2.27. The Morgan fingerprint density at radius 1 is 1.04 bits per heavy atom. The first-order valence-corrected chi connectivity index (χ1v) is 9.42. The second-order valence-corrected chi connectivity index (χ2v) is 7.41. The molecule has 9 heteroatoms. The third kappa shape index (κ3) is 5.22. The van der Waals surface area contributed by atoms with E-state index in [9.17, 15) is 26.4 Å². The molecule has 0 aromatic heterocycles. The number of amides is 1. The minimum Gasteiger partial charge on any atom is -0.350 e. The van der Waals surface area contributed by atoms with Gasteiger partial charge in [-0.3, -0.25) is 9.10 Å². The molecule has 0 bridgehead atoms. The molecule has 0 saturated carbocycles. The summed E-state index contributed by atoms with van der Waals surface area (Å²) in [4.78, 5) is 12.0. The number of anilines is 1. The summed E-state index contributed by atoms with van der Waals surface area (Å²) in [5.74, 6) is -0.369. The number of hydrogen-bond donors (Lipinski definition) is 1. The summed E-state index contributed by atoms with van der Waals surface area (Å²) < 4.78 is 62.7. The van der Waals surface area contributed by atoms with E-state index in [-0.39, 0.29) is 24.7 Å². The van der Waals surface area contributed by atoms with Crippen LogP contribution in [0, 0.1) is 0 Å². The molecular weight excluding hydrogens is 369 g/mol. The molecule has 0 heterocycles. The Morgan fingerprint density at radius 2 is 1.62 bits per heavy atom. The maximum Gasteiger partial charge on any atom is 0.416 e. The zero-order valence-electron chi connectivity index (χ0n) is 13.8. The van der Waals surface area contributed by atoms with Gasteiger partial charge in [0.1, 0.15) is 0 Å². The molecule has 0 atom stereocenters. The van der Waals surface area contributed by atoms with E-state index in [1.165, 1.54) is 0 Å². The van der Waals surface area contributed by atoms with Gasteiger partial charge in [-0.05, 0) is 36.4 Å². The summed E-state index contributed by atoms with van der Waals surface area (Å²) in [6, 6.07) is 12.2. The van der Waals surface area contributed by atoms with Crippen LogP contribution in [0.3, 0.4) is 0 Å². The second kappa shape index (κ2) is 7.77. The largest absolute Gasteiger partial charge is 0.416 e. The van der Waals surface area contributed by atoms with Crippen molar-refractivity contribution in [3.63, 3.8) is 0 Å². The van der Waals surface area contributed by atoms with Crippen molar-refractivity contribution in [2.45, 2.75) is 6.18 Å². The van der Waals surface area contributed by atoms with Gasteiger partial charge in [-0.15, -0.1) is 0 Å². The van der Waals surface area contributed by atoms with Gasteiger partial charge in [0, 0.05) is 12.1 Å². The van der Waals surface area contributed by atoms with Crippen molar-refractivity contribution in [3.05, 3.63) is 65.7 Å².